The normalized spacial score (nSPS) is 10.3. The lowest BCUT2D eigenvalue weighted by atomic mass is 10.1. The summed E-state index contributed by atoms with van der Waals surface area (Å²) in [5.74, 6) is -1.39. The van der Waals surface area contributed by atoms with Crippen molar-refractivity contribution >= 4 is 28.3 Å². The lowest BCUT2D eigenvalue weighted by Gasteiger charge is -2.08. The lowest BCUT2D eigenvalue weighted by Crippen LogP contribution is -2.42. The standard InChI is InChI=1S/C16H11N5O5/c22-14(9-5-7-10(8-6-9)21(25)26)18-20-16(24)13-11-3-1-2-4-12(11)15(23)19-17-13/h1-8H,(H,18,22)(H,19,23)(H,20,24). The third kappa shape index (κ3) is 3.24. The minimum absolute atomic E-state index is 0.0656. The van der Waals surface area contributed by atoms with Crippen LogP contribution in [0.3, 0.4) is 0 Å². The zero-order valence-electron chi connectivity index (χ0n) is 13.1. The van der Waals surface area contributed by atoms with Crippen LogP contribution in [0.15, 0.2) is 53.3 Å². The molecule has 3 aromatic rings. The number of non-ortho nitro benzene ring substituents is 1. The number of H-pyrrole nitrogens is 1. The maximum absolute atomic E-state index is 12.2. The zero-order valence-corrected chi connectivity index (χ0v) is 13.1. The summed E-state index contributed by atoms with van der Waals surface area (Å²) < 4.78 is 0. The summed E-state index contributed by atoms with van der Waals surface area (Å²) >= 11 is 0. The van der Waals surface area contributed by atoms with E-state index in [1.54, 1.807) is 24.3 Å². The third-order valence-electron chi connectivity index (χ3n) is 3.54. The highest BCUT2D eigenvalue weighted by molar-refractivity contribution is 6.05. The van der Waals surface area contributed by atoms with Crippen molar-refractivity contribution in [2.24, 2.45) is 0 Å². The average molecular weight is 353 g/mol. The fourth-order valence-corrected chi connectivity index (χ4v) is 2.27. The molecule has 2 amide bonds. The van der Waals surface area contributed by atoms with Gasteiger partial charge in [0.2, 0.25) is 0 Å². The molecular formula is C16H11N5O5. The molecule has 0 fully saturated rings. The lowest BCUT2D eigenvalue weighted by molar-refractivity contribution is -0.384. The number of hydrazine groups is 1. The van der Waals surface area contributed by atoms with Crippen LogP contribution in [0, 0.1) is 10.1 Å². The molecule has 0 unspecified atom stereocenters. The van der Waals surface area contributed by atoms with Gasteiger partial charge in [0.25, 0.3) is 23.1 Å². The van der Waals surface area contributed by atoms with E-state index in [1.165, 1.54) is 24.3 Å². The van der Waals surface area contributed by atoms with Crippen molar-refractivity contribution in [3.05, 3.63) is 80.3 Å². The number of aromatic amines is 1. The highest BCUT2D eigenvalue weighted by Crippen LogP contribution is 2.13. The van der Waals surface area contributed by atoms with Gasteiger partial charge in [-0.1, -0.05) is 18.2 Å². The van der Waals surface area contributed by atoms with Gasteiger partial charge in [-0.25, -0.2) is 5.10 Å². The Balaban J connectivity index is 1.75. The Bertz CT molecular complexity index is 1070. The average Bonchev–Trinajstić information content (AvgIpc) is 2.66. The van der Waals surface area contributed by atoms with Crippen LogP contribution in [0.25, 0.3) is 10.8 Å². The van der Waals surface area contributed by atoms with Crippen molar-refractivity contribution in [3.8, 4) is 0 Å². The molecule has 0 saturated carbocycles. The van der Waals surface area contributed by atoms with Crippen molar-refractivity contribution in [1.29, 1.82) is 0 Å². The summed E-state index contributed by atoms with van der Waals surface area (Å²) in [7, 11) is 0. The molecule has 26 heavy (non-hydrogen) atoms. The molecule has 0 bridgehead atoms. The molecule has 0 atom stereocenters. The molecule has 0 radical (unpaired) electrons. The minimum atomic E-state index is -0.729. The monoisotopic (exact) mass is 353 g/mol. The molecule has 0 saturated heterocycles. The number of hydrogen-bond donors (Lipinski definition) is 3. The Morgan fingerprint density at radius 2 is 1.58 bits per heavy atom. The summed E-state index contributed by atoms with van der Waals surface area (Å²) in [4.78, 5) is 46.0. The predicted molar refractivity (Wildman–Crippen MR) is 90.4 cm³/mol. The number of nitrogens with one attached hydrogen (secondary N) is 3. The van der Waals surface area contributed by atoms with Crippen molar-refractivity contribution in [3.63, 3.8) is 0 Å². The number of aromatic nitrogens is 2. The number of carbonyl (C=O) groups is 2. The number of rotatable bonds is 3. The molecule has 10 nitrogen and oxygen atoms in total. The Kier molecular flexibility index (Phi) is 4.39. The van der Waals surface area contributed by atoms with E-state index in [4.69, 9.17) is 0 Å². The summed E-state index contributed by atoms with van der Waals surface area (Å²) in [6.45, 7) is 0. The topological polar surface area (TPSA) is 147 Å². The second-order valence-corrected chi connectivity index (χ2v) is 5.16. The number of amides is 2. The van der Waals surface area contributed by atoms with E-state index in [0.717, 1.165) is 0 Å². The highest BCUT2D eigenvalue weighted by atomic mass is 16.6. The van der Waals surface area contributed by atoms with Crippen LogP contribution in [0.4, 0.5) is 5.69 Å². The number of carbonyl (C=O) groups excluding carboxylic acids is 2. The van der Waals surface area contributed by atoms with Crippen molar-refractivity contribution in [2.75, 3.05) is 0 Å². The zero-order chi connectivity index (χ0) is 18.7. The molecule has 3 rings (SSSR count). The summed E-state index contributed by atoms with van der Waals surface area (Å²) in [5, 5.41) is 17.1. The third-order valence-corrected chi connectivity index (χ3v) is 3.54. The number of benzene rings is 2. The van der Waals surface area contributed by atoms with Gasteiger partial charge in [-0.3, -0.25) is 35.3 Å². The fraction of sp³-hybridized carbons (Fsp3) is 0. The summed E-state index contributed by atoms with van der Waals surface area (Å²) in [5.41, 5.74) is 3.83. The van der Waals surface area contributed by atoms with Gasteiger partial charge in [0, 0.05) is 23.1 Å². The van der Waals surface area contributed by atoms with E-state index in [1.807, 2.05) is 0 Å². The maximum atomic E-state index is 12.2. The first-order chi connectivity index (χ1) is 12.5. The van der Waals surface area contributed by atoms with Crippen LogP contribution in [0.1, 0.15) is 20.8 Å². The quantitative estimate of drug-likeness (QED) is 0.471. The smallest absolute Gasteiger partial charge is 0.267 e. The Labute approximate surface area is 145 Å². The van der Waals surface area contributed by atoms with Gasteiger partial charge in [-0.05, 0) is 18.2 Å². The molecule has 10 heteroatoms. The number of fused-ring (bicyclic) bond motifs is 1. The van der Waals surface area contributed by atoms with E-state index in [9.17, 15) is 24.5 Å². The van der Waals surface area contributed by atoms with Crippen LogP contribution in [0.5, 0.6) is 0 Å². The van der Waals surface area contributed by atoms with Gasteiger partial charge in [0.1, 0.15) is 0 Å². The van der Waals surface area contributed by atoms with E-state index in [2.05, 4.69) is 21.0 Å². The van der Waals surface area contributed by atoms with E-state index in [0.29, 0.717) is 5.39 Å². The van der Waals surface area contributed by atoms with E-state index >= 15 is 0 Å². The van der Waals surface area contributed by atoms with Gasteiger partial charge in [0.05, 0.1) is 10.3 Å². The molecule has 0 aliphatic carbocycles. The first-order valence-electron chi connectivity index (χ1n) is 7.30. The van der Waals surface area contributed by atoms with E-state index < -0.39 is 22.3 Å². The molecule has 3 N–H and O–H groups in total. The minimum Gasteiger partial charge on any atom is -0.267 e. The Morgan fingerprint density at radius 3 is 2.23 bits per heavy atom. The molecular weight excluding hydrogens is 342 g/mol. The van der Waals surface area contributed by atoms with Gasteiger partial charge < -0.3 is 0 Å². The SMILES string of the molecule is O=C(NNC(=O)c1n[nH]c(=O)c2ccccc12)c1ccc([N+](=O)[O-])cc1. The molecule has 0 aliphatic rings. The van der Waals surface area contributed by atoms with Gasteiger partial charge in [0.15, 0.2) is 5.69 Å². The van der Waals surface area contributed by atoms with Crippen molar-refractivity contribution < 1.29 is 14.5 Å². The molecule has 0 aliphatic heterocycles. The first kappa shape index (κ1) is 16.8. The number of nitro benzene ring substituents is 1. The van der Waals surface area contributed by atoms with Crippen molar-refractivity contribution in [2.45, 2.75) is 0 Å². The van der Waals surface area contributed by atoms with Crippen LogP contribution in [0.2, 0.25) is 0 Å². The molecule has 0 spiro atoms. The Hall–Kier alpha value is -4.08. The van der Waals surface area contributed by atoms with Crippen LogP contribution < -0.4 is 16.4 Å². The second-order valence-electron chi connectivity index (χ2n) is 5.16. The van der Waals surface area contributed by atoms with E-state index in [-0.39, 0.29) is 22.3 Å². The highest BCUT2D eigenvalue weighted by Gasteiger charge is 2.15. The first-order valence-corrected chi connectivity index (χ1v) is 7.30. The predicted octanol–water partition coefficient (Wildman–Crippen LogP) is 0.906. The molecule has 130 valence electrons. The fourth-order valence-electron chi connectivity index (χ4n) is 2.27. The summed E-state index contributed by atoms with van der Waals surface area (Å²) in [6, 6.07) is 11.3. The van der Waals surface area contributed by atoms with Crippen LogP contribution >= 0.6 is 0 Å². The van der Waals surface area contributed by atoms with Crippen LogP contribution in [-0.4, -0.2) is 26.9 Å². The van der Waals surface area contributed by atoms with Crippen LogP contribution in [-0.2, 0) is 0 Å². The molecule has 2 aromatic carbocycles. The largest absolute Gasteiger partial charge is 0.290 e. The summed E-state index contributed by atoms with van der Waals surface area (Å²) in [6.07, 6.45) is 0. The number of nitrogens with zero attached hydrogens (tertiary/aromatic N) is 2. The second kappa shape index (κ2) is 6.81. The van der Waals surface area contributed by atoms with Crippen molar-refractivity contribution in [1.82, 2.24) is 21.0 Å². The van der Waals surface area contributed by atoms with Gasteiger partial charge in [-0.15, -0.1) is 0 Å². The number of nitro groups is 1. The molecule has 1 heterocycles. The Morgan fingerprint density at radius 1 is 0.962 bits per heavy atom. The van der Waals surface area contributed by atoms with Gasteiger partial charge in [-0.2, -0.15) is 5.10 Å². The molecule has 1 aromatic heterocycles. The number of hydrogen-bond acceptors (Lipinski definition) is 6. The van der Waals surface area contributed by atoms with Gasteiger partial charge >= 0.3 is 0 Å². The maximum Gasteiger partial charge on any atom is 0.290 e.